The number of terminal acetylenes is 2. The van der Waals surface area contributed by atoms with Crippen molar-refractivity contribution in [3.63, 3.8) is 0 Å². The van der Waals surface area contributed by atoms with Crippen LogP contribution in [-0.4, -0.2) is 21.6 Å². The molecular formula is C20H10N2O2. The Kier molecular flexibility index (Phi) is 2.82. The summed E-state index contributed by atoms with van der Waals surface area (Å²) in [6.07, 6.45) is 10.8. The number of aromatic nitrogens is 1. The summed E-state index contributed by atoms with van der Waals surface area (Å²) in [4.78, 5) is 20.0. The highest BCUT2D eigenvalue weighted by molar-refractivity contribution is 6.55. The largest absolute Gasteiger partial charge is 0.505 e. The molecule has 0 atom stereocenters. The molecule has 0 unspecified atom stereocenters. The average molecular weight is 310 g/mol. The van der Waals surface area contributed by atoms with Crippen LogP contribution in [0.2, 0.25) is 0 Å². The van der Waals surface area contributed by atoms with E-state index >= 15 is 0 Å². The lowest BCUT2D eigenvalue weighted by atomic mass is 10.0. The Balaban J connectivity index is 1.88. The molecule has 4 rings (SSSR count). The van der Waals surface area contributed by atoms with Gasteiger partial charge in [-0.2, -0.15) is 0 Å². The number of aromatic hydroxyl groups is 1. The van der Waals surface area contributed by atoms with Crippen molar-refractivity contribution in [3.8, 4) is 30.4 Å². The number of hydrogen-bond donors (Lipinski definition) is 2. The van der Waals surface area contributed by atoms with E-state index in [0.717, 1.165) is 0 Å². The lowest BCUT2D eigenvalue weighted by Crippen LogP contribution is -2.11. The van der Waals surface area contributed by atoms with Crippen LogP contribution in [0.4, 0.5) is 5.69 Å². The van der Waals surface area contributed by atoms with Crippen LogP contribution in [0.25, 0.3) is 10.9 Å². The van der Waals surface area contributed by atoms with Gasteiger partial charge in [0.15, 0.2) is 5.75 Å². The summed E-state index contributed by atoms with van der Waals surface area (Å²) in [6.45, 7) is 0. The summed E-state index contributed by atoms with van der Waals surface area (Å²) in [6, 6.07) is 10.3. The molecule has 2 N–H and O–H groups in total. The first kappa shape index (κ1) is 13.9. The summed E-state index contributed by atoms with van der Waals surface area (Å²) in [7, 11) is 0. The number of ketones is 1. The lowest BCUT2D eigenvalue weighted by Gasteiger charge is -1.98. The number of carbonyl (C=O) groups excluding carboxylic acids is 1. The molecule has 24 heavy (non-hydrogen) atoms. The quantitative estimate of drug-likeness (QED) is 0.678. The molecule has 0 radical (unpaired) electrons. The third-order valence-corrected chi connectivity index (χ3v) is 4.03. The topological polar surface area (TPSA) is 65.5 Å². The number of benzene rings is 2. The van der Waals surface area contributed by atoms with E-state index in [0.29, 0.717) is 33.3 Å². The summed E-state index contributed by atoms with van der Waals surface area (Å²) in [5, 5.41) is 11.1. The minimum absolute atomic E-state index is 0.0424. The van der Waals surface area contributed by atoms with E-state index in [-0.39, 0.29) is 22.9 Å². The van der Waals surface area contributed by atoms with Crippen molar-refractivity contribution in [2.75, 3.05) is 0 Å². The van der Waals surface area contributed by atoms with Crippen molar-refractivity contribution < 1.29 is 9.90 Å². The molecular weight excluding hydrogens is 300 g/mol. The van der Waals surface area contributed by atoms with Crippen molar-refractivity contribution >= 4 is 28.1 Å². The number of nitrogens with zero attached hydrogens (tertiary/aromatic N) is 1. The normalized spacial score (nSPS) is 12.6. The molecule has 1 aliphatic rings. The minimum atomic E-state index is -0.277. The standard InChI is InChI=1S/C20H10N2O2/c1-3-11-5-7-15-13(9-11)19(23)17(21-15)18-20(24)14-10-12(4-2)6-8-16(14)22-18/h1-2,5-10,21,23H. The number of aliphatic imine (C=N–C) groups is 1. The number of hydrogen-bond acceptors (Lipinski definition) is 3. The van der Waals surface area contributed by atoms with Crippen LogP contribution < -0.4 is 0 Å². The maximum absolute atomic E-state index is 12.7. The van der Waals surface area contributed by atoms with Gasteiger partial charge in [0, 0.05) is 22.0 Å². The van der Waals surface area contributed by atoms with Gasteiger partial charge in [-0.05, 0) is 36.4 Å². The van der Waals surface area contributed by atoms with Gasteiger partial charge < -0.3 is 10.1 Å². The Morgan fingerprint density at radius 3 is 2.50 bits per heavy atom. The number of rotatable bonds is 1. The van der Waals surface area contributed by atoms with Gasteiger partial charge in [-0.15, -0.1) is 12.8 Å². The molecule has 2 aromatic carbocycles. The smallest absolute Gasteiger partial charge is 0.215 e. The number of fused-ring (bicyclic) bond motifs is 2. The Hall–Kier alpha value is -3.76. The van der Waals surface area contributed by atoms with Crippen LogP contribution in [-0.2, 0) is 0 Å². The van der Waals surface area contributed by atoms with Crippen molar-refractivity contribution in [2.45, 2.75) is 0 Å². The summed E-state index contributed by atoms with van der Waals surface area (Å²) >= 11 is 0. The predicted molar refractivity (Wildman–Crippen MR) is 92.8 cm³/mol. The molecule has 4 heteroatoms. The molecule has 0 fully saturated rings. The maximum atomic E-state index is 12.7. The van der Waals surface area contributed by atoms with Gasteiger partial charge in [0.05, 0.1) is 11.3 Å². The van der Waals surface area contributed by atoms with E-state index in [1.54, 1.807) is 36.4 Å². The van der Waals surface area contributed by atoms with Gasteiger partial charge >= 0.3 is 0 Å². The zero-order chi connectivity index (χ0) is 16.8. The molecule has 0 saturated heterocycles. The summed E-state index contributed by atoms with van der Waals surface area (Å²) in [5.41, 5.74) is 3.34. The highest BCUT2D eigenvalue weighted by Gasteiger charge is 2.29. The van der Waals surface area contributed by atoms with Crippen LogP contribution in [0.5, 0.6) is 5.75 Å². The van der Waals surface area contributed by atoms with E-state index in [4.69, 9.17) is 12.8 Å². The second-order valence-electron chi connectivity index (χ2n) is 5.42. The third-order valence-electron chi connectivity index (χ3n) is 4.03. The Labute approximate surface area is 137 Å². The summed E-state index contributed by atoms with van der Waals surface area (Å²) in [5.74, 6) is 4.70. The van der Waals surface area contributed by atoms with Gasteiger partial charge in [0.25, 0.3) is 0 Å². The monoisotopic (exact) mass is 310 g/mol. The number of nitrogens with one attached hydrogen (secondary N) is 1. The Bertz CT molecular complexity index is 1150. The van der Waals surface area contributed by atoms with E-state index in [2.05, 4.69) is 21.8 Å². The van der Waals surface area contributed by atoms with Crippen LogP contribution in [0, 0.1) is 24.7 Å². The number of carbonyl (C=O) groups is 1. The first-order chi connectivity index (χ1) is 11.6. The van der Waals surface area contributed by atoms with E-state index in [1.165, 1.54) is 0 Å². The van der Waals surface area contributed by atoms with Gasteiger partial charge in [-0.1, -0.05) is 11.8 Å². The SMILES string of the molecule is C#Cc1ccc2c(c1)C(=O)C(c1[nH]c3ccc(C#C)cc3c1O)=N2. The minimum Gasteiger partial charge on any atom is -0.505 e. The number of Topliss-reactive ketones (excluding diaryl/α,β-unsaturated/α-hetero) is 1. The second-order valence-corrected chi connectivity index (χ2v) is 5.42. The molecule has 0 bridgehead atoms. The van der Waals surface area contributed by atoms with Gasteiger partial charge in [0.2, 0.25) is 5.78 Å². The molecule has 112 valence electrons. The molecule has 0 saturated carbocycles. The molecule has 2 heterocycles. The first-order valence-electron chi connectivity index (χ1n) is 7.18. The van der Waals surface area contributed by atoms with E-state index in [9.17, 15) is 9.90 Å². The molecule has 1 aliphatic heterocycles. The fourth-order valence-corrected chi connectivity index (χ4v) is 2.81. The predicted octanol–water partition coefficient (Wildman–Crippen LogP) is 3.15. The van der Waals surface area contributed by atoms with Gasteiger partial charge in [-0.25, -0.2) is 4.99 Å². The molecule has 3 aromatic rings. The summed E-state index contributed by atoms with van der Waals surface area (Å²) < 4.78 is 0. The number of aromatic amines is 1. The highest BCUT2D eigenvalue weighted by atomic mass is 16.3. The van der Waals surface area contributed by atoms with Crippen LogP contribution in [0.1, 0.15) is 27.2 Å². The molecule has 4 nitrogen and oxygen atoms in total. The molecule has 0 aliphatic carbocycles. The zero-order valence-corrected chi connectivity index (χ0v) is 12.4. The molecule has 1 aromatic heterocycles. The Morgan fingerprint density at radius 2 is 1.75 bits per heavy atom. The van der Waals surface area contributed by atoms with E-state index < -0.39 is 0 Å². The third kappa shape index (κ3) is 1.84. The van der Waals surface area contributed by atoms with Crippen LogP contribution in [0.15, 0.2) is 41.4 Å². The second kappa shape index (κ2) is 4.87. The molecule has 0 spiro atoms. The zero-order valence-electron chi connectivity index (χ0n) is 12.4. The molecule has 0 amide bonds. The average Bonchev–Trinajstić information content (AvgIpc) is 3.11. The highest BCUT2D eigenvalue weighted by Crippen LogP contribution is 2.35. The Morgan fingerprint density at radius 1 is 1.04 bits per heavy atom. The van der Waals surface area contributed by atoms with Gasteiger partial charge in [0.1, 0.15) is 11.4 Å². The van der Waals surface area contributed by atoms with Crippen molar-refractivity contribution in [1.29, 1.82) is 0 Å². The van der Waals surface area contributed by atoms with Crippen molar-refractivity contribution in [2.24, 2.45) is 4.99 Å². The van der Waals surface area contributed by atoms with Gasteiger partial charge in [-0.3, -0.25) is 4.79 Å². The van der Waals surface area contributed by atoms with Crippen molar-refractivity contribution in [3.05, 3.63) is 58.8 Å². The lowest BCUT2D eigenvalue weighted by molar-refractivity contribution is 0.106. The van der Waals surface area contributed by atoms with Crippen LogP contribution in [0.3, 0.4) is 0 Å². The maximum Gasteiger partial charge on any atom is 0.215 e. The number of H-pyrrole nitrogens is 1. The fraction of sp³-hybridized carbons (Fsp3) is 0. The van der Waals surface area contributed by atoms with Crippen LogP contribution >= 0.6 is 0 Å². The first-order valence-corrected chi connectivity index (χ1v) is 7.18. The fourth-order valence-electron chi connectivity index (χ4n) is 2.81. The van der Waals surface area contributed by atoms with Crippen molar-refractivity contribution in [1.82, 2.24) is 4.98 Å². The van der Waals surface area contributed by atoms with E-state index in [1.807, 2.05) is 0 Å².